The highest BCUT2D eigenvalue weighted by molar-refractivity contribution is 6.36. The van der Waals surface area contributed by atoms with Gasteiger partial charge in [-0.05, 0) is 18.2 Å². The molecule has 122 valence electrons. The van der Waals surface area contributed by atoms with E-state index in [9.17, 15) is 4.79 Å². The van der Waals surface area contributed by atoms with Gasteiger partial charge in [-0.2, -0.15) is 0 Å². The maximum atomic E-state index is 12.2. The van der Waals surface area contributed by atoms with Crippen LogP contribution in [-0.2, 0) is 9.53 Å². The lowest BCUT2D eigenvalue weighted by molar-refractivity contribution is -0.110. The Balaban J connectivity index is 1.61. The number of benzene rings is 1. The Morgan fingerprint density at radius 3 is 2.71 bits per heavy atom. The molecule has 1 N–H and O–H groups in total. The molecule has 0 unspecified atom stereocenters. The molecular formula is C17H15ClN4O2. The zero-order chi connectivity index (χ0) is 16.5. The van der Waals surface area contributed by atoms with Crippen molar-refractivity contribution in [3.8, 4) is 0 Å². The van der Waals surface area contributed by atoms with Crippen LogP contribution >= 0.6 is 11.6 Å². The third kappa shape index (κ3) is 2.86. The zero-order valence-corrected chi connectivity index (χ0v) is 13.6. The molecule has 24 heavy (non-hydrogen) atoms. The van der Waals surface area contributed by atoms with Gasteiger partial charge in [-0.3, -0.25) is 4.79 Å². The summed E-state index contributed by atoms with van der Waals surface area (Å²) < 4.78 is 5.33. The summed E-state index contributed by atoms with van der Waals surface area (Å²) in [6, 6.07) is 5.35. The molecule has 2 aliphatic rings. The quantitative estimate of drug-likeness (QED) is 0.849. The first-order valence-corrected chi connectivity index (χ1v) is 8.06. The summed E-state index contributed by atoms with van der Waals surface area (Å²) in [7, 11) is 0. The Labute approximate surface area is 144 Å². The van der Waals surface area contributed by atoms with Gasteiger partial charge in [-0.25, -0.2) is 9.97 Å². The van der Waals surface area contributed by atoms with Crippen molar-refractivity contribution in [3.05, 3.63) is 46.7 Å². The molecule has 1 aromatic heterocycles. The monoisotopic (exact) mass is 342 g/mol. The first kappa shape index (κ1) is 15.1. The number of nitrogens with one attached hydrogen (secondary N) is 1. The molecule has 1 saturated heterocycles. The highest BCUT2D eigenvalue weighted by atomic mass is 35.5. The Bertz CT molecular complexity index is 814. The van der Waals surface area contributed by atoms with E-state index < -0.39 is 0 Å². The second kappa shape index (κ2) is 6.22. The van der Waals surface area contributed by atoms with Gasteiger partial charge < -0.3 is 15.0 Å². The minimum Gasteiger partial charge on any atom is -0.378 e. The summed E-state index contributed by atoms with van der Waals surface area (Å²) in [5, 5.41) is 3.41. The molecule has 0 bridgehead atoms. The van der Waals surface area contributed by atoms with Gasteiger partial charge in [0.25, 0.3) is 5.91 Å². The number of anilines is 2. The smallest absolute Gasteiger partial charge is 0.256 e. The highest BCUT2D eigenvalue weighted by Gasteiger charge is 2.24. The van der Waals surface area contributed by atoms with Crippen LogP contribution in [0.2, 0.25) is 5.02 Å². The third-order valence-electron chi connectivity index (χ3n) is 4.03. The number of fused-ring (bicyclic) bond motifs is 1. The van der Waals surface area contributed by atoms with Crippen LogP contribution in [0.5, 0.6) is 0 Å². The lowest BCUT2D eigenvalue weighted by atomic mass is 10.1. The van der Waals surface area contributed by atoms with Crippen LogP contribution < -0.4 is 10.2 Å². The van der Waals surface area contributed by atoms with Crippen LogP contribution in [0.1, 0.15) is 11.1 Å². The van der Waals surface area contributed by atoms with E-state index in [0.717, 1.165) is 29.9 Å². The molecule has 0 atom stereocenters. The molecular weight excluding hydrogens is 328 g/mol. The van der Waals surface area contributed by atoms with Crippen LogP contribution in [-0.4, -0.2) is 42.2 Å². The van der Waals surface area contributed by atoms with Gasteiger partial charge in [0.1, 0.15) is 0 Å². The molecule has 1 aromatic carbocycles. The number of aromatic nitrogens is 2. The topological polar surface area (TPSA) is 67.4 Å². The summed E-state index contributed by atoms with van der Waals surface area (Å²) in [5.74, 6) is 0.535. The first-order valence-electron chi connectivity index (χ1n) is 7.68. The number of morpholine rings is 1. The largest absolute Gasteiger partial charge is 0.378 e. The first-order chi connectivity index (χ1) is 11.7. The second-order valence-electron chi connectivity index (χ2n) is 5.62. The molecule has 3 heterocycles. The number of nitrogens with zero attached hydrogens (tertiary/aromatic N) is 3. The Morgan fingerprint density at radius 2 is 1.96 bits per heavy atom. The number of hydrogen-bond donors (Lipinski definition) is 1. The molecule has 1 amide bonds. The van der Waals surface area contributed by atoms with Gasteiger partial charge in [0.2, 0.25) is 5.95 Å². The van der Waals surface area contributed by atoms with E-state index in [1.807, 2.05) is 6.07 Å². The highest BCUT2D eigenvalue weighted by Crippen LogP contribution is 2.34. The fourth-order valence-electron chi connectivity index (χ4n) is 2.81. The summed E-state index contributed by atoms with van der Waals surface area (Å²) in [6.07, 6.45) is 5.25. The summed E-state index contributed by atoms with van der Waals surface area (Å²) in [6.45, 7) is 2.96. The maximum absolute atomic E-state index is 12.2. The van der Waals surface area contributed by atoms with Crippen molar-refractivity contribution in [2.45, 2.75) is 0 Å². The Kier molecular flexibility index (Phi) is 3.92. The van der Waals surface area contributed by atoms with Gasteiger partial charge in [0.05, 0.1) is 18.9 Å². The average molecular weight is 343 g/mol. The molecule has 2 aliphatic heterocycles. The normalized spacial score (nSPS) is 18.6. The van der Waals surface area contributed by atoms with Crippen LogP contribution in [0.4, 0.5) is 11.6 Å². The van der Waals surface area contributed by atoms with Crippen LogP contribution in [0.25, 0.3) is 11.6 Å². The fourth-order valence-corrected chi connectivity index (χ4v) is 2.98. The van der Waals surface area contributed by atoms with E-state index in [0.29, 0.717) is 29.8 Å². The van der Waals surface area contributed by atoms with E-state index >= 15 is 0 Å². The minimum absolute atomic E-state index is 0.149. The summed E-state index contributed by atoms with van der Waals surface area (Å²) >= 11 is 5.97. The molecule has 1 fully saturated rings. The summed E-state index contributed by atoms with van der Waals surface area (Å²) in [5.41, 5.74) is 2.93. The number of hydrogen-bond acceptors (Lipinski definition) is 5. The Hall–Kier alpha value is -2.44. The number of halogens is 1. The second-order valence-corrected chi connectivity index (χ2v) is 6.05. The van der Waals surface area contributed by atoms with Crippen molar-refractivity contribution in [2.75, 3.05) is 36.5 Å². The average Bonchev–Trinajstić information content (AvgIpc) is 2.91. The predicted octanol–water partition coefficient (Wildman–Crippen LogP) is 2.46. The predicted molar refractivity (Wildman–Crippen MR) is 93.0 cm³/mol. The fraction of sp³-hybridized carbons (Fsp3) is 0.235. The molecule has 0 saturated carbocycles. The van der Waals surface area contributed by atoms with Gasteiger partial charge in [-0.1, -0.05) is 17.7 Å². The van der Waals surface area contributed by atoms with Crippen LogP contribution in [0.3, 0.4) is 0 Å². The molecule has 6 nitrogen and oxygen atoms in total. The van der Waals surface area contributed by atoms with E-state index in [1.54, 1.807) is 30.6 Å². The molecule has 0 spiro atoms. The van der Waals surface area contributed by atoms with Gasteiger partial charge in [-0.15, -0.1) is 0 Å². The van der Waals surface area contributed by atoms with Gasteiger partial charge >= 0.3 is 0 Å². The maximum Gasteiger partial charge on any atom is 0.256 e. The standard InChI is InChI=1S/C17H15ClN4O2/c18-12-1-2-13-14(16(23)21-15(13)8-12)7-11-9-19-17(20-10-11)22-3-5-24-6-4-22/h1-2,7-10H,3-6H2,(H,21,23)/b14-7+. The van der Waals surface area contributed by atoms with Crippen molar-refractivity contribution in [1.82, 2.24) is 9.97 Å². The summed E-state index contributed by atoms with van der Waals surface area (Å²) in [4.78, 5) is 23.1. The number of rotatable bonds is 2. The number of ether oxygens (including phenoxy) is 1. The molecule has 0 radical (unpaired) electrons. The molecule has 2 aromatic rings. The van der Waals surface area contributed by atoms with Gasteiger partial charge in [0.15, 0.2) is 0 Å². The lowest BCUT2D eigenvalue weighted by Gasteiger charge is -2.26. The third-order valence-corrected chi connectivity index (χ3v) is 4.26. The van der Waals surface area contributed by atoms with Crippen LogP contribution in [0, 0.1) is 0 Å². The SMILES string of the molecule is O=C1Nc2cc(Cl)ccc2/C1=C\c1cnc(N2CCOCC2)nc1. The van der Waals surface area contributed by atoms with Crippen molar-refractivity contribution >= 4 is 40.8 Å². The minimum atomic E-state index is -0.149. The van der Waals surface area contributed by atoms with Crippen molar-refractivity contribution in [1.29, 1.82) is 0 Å². The Morgan fingerprint density at radius 1 is 1.21 bits per heavy atom. The van der Waals surface area contributed by atoms with E-state index in [1.165, 1.54) is 0 Å². The number of amides is 1. The zero-order valence-electron chi connectivity index (χ0n) is 12.8. The van der Waals surface area contributed by atoms with E-state index in [4.69, 9.17) is 16.3 Å². The number of carbonyl (C=O) groups is 1. The van der Waals surface area contributed by atoms with E-state index in [2.05, 4.69) is 20.2 Å². The van der Waals surface area contributed by atoms with Crippen molar-refractivity contribution in [2.24, 2.45) is 0 Å². The molecule has 4 rings (SSSR count). The molecule has 0 aliphatic carbocycles. The lowest BCUT2D eigenvalue weighted by Crippen LogP contribution is -2.37. The number of carbonyl (C=O) groups excluding carboxylic acids is 1. The van der Waals surface area contributed by atoms with E-state index in [-0.39, 0.29) is 5.91 Å². The molecule has 7 heteroatoms. The van der Waals surface area contributed by atoms with Crippen molar-refractivity contribution in [3.63, 3.8) is 0 Å². The van der Waals surface area contributed by atoms with Crippen molar-refractivity contribution < 1.29 is 9.53 Å². The van der Waals surface area contributed by atoms with Crippen LogP contribution in [0.15, 0.2) is 30.6 Å². The van der Waals surface area contributed by atoms with Gasteiger partial charge in [0, 0.05) is 47.2 Å².